The van der Waals surface area contributed by atoms with Gasteiger partial charge in [0.2, 0.25) is 5.91 Å². The number of H-pyrrole nitrogens is 1. The van der Waals surface area contributed by atoms with Crippen LogP contribution in [0.2, 0.25) is 0 Å². The van der Waals surface area contributed by atoms with Gasteiger partial charge in [0.25, 0.3) is 5.56 Å². The molecule has 0 aliphatic carbocycles. The zero-order valence-corrected chi connectivity index (χ0v) is 15.5. The van der Waals surface area contributed by atoms with E-state index in [1.165, 1.54) is 17.8 Å². The van der Waals surface area contributed by atoms with Crippen LogP contribution in [0.5, 0.6) is 0 Å². The van der Waals surface area contributed by atoms with Crippen molar-refractivity contribution in [3.8, 4) is 0 Å². The average Bonchev–Trinajstić information content (AvgIpc) is 2.60. The molecular weight excluding hydrogens is 342 g/mol. The smallest absolute Gasteiger partial charge is 0.251 e. The van der Waals surface area contributed by atoms with Gasteiger partial charge in [-0.15, -0.1) is 11.8 Å². The summed E-state index contributed by atoms with van der Waals surface area (Å²) in [5.41, 5.74) is 0.525. The number of thioether (sulfide) groups is 2. The molecule has 0 saturated carbocycles. The third-order valence-electron chi connectivity index (χ3n) is 3.35. The molecule has 0 atom stereocenters. The first-order valence-electron chi connectivity index (χ1n) is 7.81. The van der Waals surface area contributed by atoms with Gasteiger partial charge in [-0.2, -0.15) is 0 Å². The molecule has 1 heterocycles. The first-order chi connectivity index (χ1) is 11.6. The van der Waals surface area contributed by atoms with Gasteiger partial charge in [-0.1, -0.05) is 30.0 Å². The molecule has 0 saturated heterocycles. The van der Waals surface area contributed by atoms with Crippen molar-refractivity contribution in [2.24, 2.45) is 0 Å². The summed E-state index contributed by atoms with van der Waals surface area (Å²) in [6, 6.07) is 11.5. The summed E-state index contributed by atoms with van der Waals surface area (Å²) < 4.78 is 0. The van der Waals surface area contributed by atoms with E-state index in [1.54, 1.807) is 16.7 Å². The molecule has 0 unspecified atom stereocenters. The number of nitrogens with one attached hydrogen (secondary N) is 1. The topological polar surface area (TPSA) is 66.1 Å². The van der Waals surface area contributed by atoms with E-state index in [1.807, 2.05) is 44.2 Å². The van der Waals surface area contributed by atoms with Crippen molar-refractivity contribution in [1.29, 1.82) is 0 Å². The molecule has 2 aromatic rings. The van der Waals surface area contributed by atoms with Gasteiger partial charge in [-0.3, -0.25) is 9.59 Å². The highest BCUT2D eigenvalue weighted by Crippen LogP contribution is 2.21. The summed E-state index contributed by atoms with van der Waals surface area (Å²) in [6.07, 6.45) is 0. The number of aromatic amines is 1. The predicted molar refractivity (Wildman–Crippen MR) is 99.5 cm³/mol. The monoisotopic (exact) mass is 363 g/mol. The lowest BCUT2D eigenvalue weighted by Gasteiger charge is -2.17. The molecule has 0 aliphatic rings. The van der Waals surface area contributed by atoms with E-state index in [2.05, 4.69) is 9.97 Å². The van der Waals surface area contributed by atoms with Gasteiger partial charge < -0.3 is 9.88 Å². The summed E-state index contributed by atoms with van der Waals surface area (Å²) in [7, 11) is 0. The fourth-order valence-corrected chi connectivity index (χ4v) is 3.71. The number of hydrogen-bond donors (Lipinski definition) is 1. The molecule has 0 fully saturated rings. The average molecular weight is 364 g/mol. The van der Waals surface area contributed by atoms with Crippen LogP contribution in [0.25, 0.3) is 0 Å². The van der Waals surface area contributed by atoms with Crippen LogP contribution >= 0.6 is 23.5 Å². The van der Waals surface area contributed by atoms with Gasteiger partial charge in [0, 0.05) is 29.8 Å². The molecule has 1 aromatic carbocycles. The Morgan fingerprint density at radius 3 is 2.54 bits per heavy atom. The lowest BCUT2D eigenvalue weighted by atomic mass is 10.4. The van der Waals surface area contributed by atoms with Crippen molar-refractivity contribution in [2.45, 2.75) is 29.7 Å². The summed E-state index contributed by atoms with van der Waals surface area (Å²) in [4.78, 5) is 33.9. The minimum Gasteiger partial charge on any atom is -0.343 e. The Bertz CT molecular complexity index is 715. The van der Waals surface area contributed by atoms with Crippen molar-refractivity contribution in [2.75, 3.05) is 18.8 Å². The SMILES string of the molecule is CCN(CC)C(=O)CSc1nc(CSc2ccccc2)cc(=O)[nH]1. The molecular formula is C17H21N3O2S2. The van der Waals surface area contributed by atoms with Crippen molar-refractivity contribution >= 4 is 29.4 Å². The fraction of sp³-hybridized carbons (Fsp3) is 0.353. The highest BCUT2D eigenvalue weighted by Gasteiger charge is 2.11. The Kier molecular flexibility index (Phi) is 7.39. The zero-order valence-electron chi connectivity index (χ0n) is 13.8. The third kappa shape index (κ3) is 5.72. The molecule has 1 N–H and O–H groups in total. The molecule has 0 spiro atoms. The molecule has 2 rings (SSSR count). The molecule has 5 nitrogen and oxygen atoms in total. The molecule has 7 heteroatoms. The minimum absolute atomic E-state index is 0.0525. The second kappa shape index (κ2) is 9.54. The first kappa shape index (κ1) is 18.6. The van der Waals surface area contributed by atoms with Gasteiger partial charge >= 0.3 is 0 Å². The highest BCUT2D eigenvalue weighted by atomic mass is 32.2. The molecule has 1 amide bonds. The van der Waals surface area contributed by atoms with Crippen molar-refractivity contribution in [1.82, 2.24) is 14.9 Å². The number of hydrogen-bond acceptors (Lipinski definition) is 5. The predicted octanol–water partition coefficient (Wildman–Crippen LogP) is 3.02. The summed E-state index contributed by atoms with van der Waals surface area (Å²) in [6.45, 7) is 5.28. The fourth-order valence-electron chi connectivity index (χ4n) is 2.10. The van der Waals surface area contributed by atoms with E-state index < -0.39 is 0 Å². The highest BCUT2D eigenvalue weighted by molar-refractivity contribution is 7.99. The van der Waals surface area contributed by atoms with Crippen LogP contribution in [-0.4, -0.2) is 39.6 Å². The Morgan fingerprint density at radius 2 is 1.88 bits per heavy atom. The summed E-state index contributed by atoms with van der Waals surface area (Å²) >= 11 is 2.90. The van der Waals surface area contributed by atoms with Gasteiger partial charge in [0.05, 0.1) is 11.4 Å². The van der Waals surface area contributed by atoms with Crippen molar-refractivity contribution in [3.05, 3.63) is 52.4 Å². The molecule has 1 aromatic heterocycles. The van der Waals surface area contributed by atoms with E-state index in [0.717, 1.165) is 4.90 Å². The van der Waals surface area contributed by atoms with Crippen LogP contribution in [0.3, 0.4) is 0 Å². The Hall–Kier alpha value is -1.73. The number of benzene rings is 1. The maximum Gasteiger partial charge on any atom is 0.251 e. The summed E-state index contributed by atoms with van der Waals surface area (Å²) in [5, 5.41) is 0.492. The van der Waals surface area contributed by atoms with Crippen molar-refractivity contribution < 1.29 is 4.79 Å². The quantitative estimate of drug-likeness (QED) is 0.577. The van der Waals surface area contributed by atoms with E-state index in [-0.39, 0.29) is 17.2 Å². The first-order valence-corrected chi connectivity index (χ1v) is 9.78. The number of aromatic nitrogens is 2. The molecule has 24 heavy (non-hydrogen) atoms. The van der Waals surface area contributed by atoms with Gasteiger partial charge in [0.15, 0.2) is 5.16 Å². The molecule has 0 radical (unpaired) electrons. The lowest BCUT2D eigenvalue weighted by Crippen LogP contribution is -2.32. The van der Waals surface area contributed by atoms with Crippen molar-refractivity contribution in [3.63, 3.8) is 0 Å². The molecule has 128 valence electrons. The van der Waals surface area contributed by atoms with E-state index in [4.69, 9.17) is 0 Å². The maximum atomic E-state index is 12.0. The largest absolute Gasteiger partial charge is 0.343 e. The Morgan fingerprint density at radius 1 is 1.17 bits per heavy atom. The summed E-state index contributed by atoms with van der Waals surface area (Å²) in [5.74, 6) is 0.947. The van der Waals surface area contributed by atoms with Crippen LogP contribution in [0.1, 0.15) is 19.5 Å². The molecule has 0 aliphatic heterocycles. The van der Waals surface area contributed by atoms with E-state index in [0.29, 0.717) is 29.7 Å². The third-order valence-corrected chi connectivity index (χ3v) is 5.26. The number of carbonyl (C=O) groups excluding carboxylic acids is 1. The second-order valence-corrected chi connectivity index (χ2v) is 7.01. The Balaban J connectivity index is 1.98. The van der Waals surface area contributed by atoms with Crippen LogP contribution in [0, 0.1) is 0 Å². The lowest BCUT2D eigenvalue weighted by molar-refractivity contribution is -0.127. The molecule has 0 bridgehead atoms. The normalized spacial score (nSPS) is 10.6. The maximum absolute atomic E-state index is 12.0. The van der Waals surface area contributed by atoms with Crippen LogP contribution in [0.15, 0.2) is 51.2 Å². The van der Waals surface area contributed by atoms with Gasteiger partial charge in [0.1, 0.15) is 0 Å². The van der Waals surface area contributed by atoms with Crippen LogP contribution in [-0.2, 0) is 10.5 Å². The number of carbonyl (C=O) groups is 1. The zero-order chi connectivity index (χ0) is 17.4. The van der Waals surface area contributed by atoms with Gasteiger partial charge in [-0.05, 0) is 26.0 Å². The second-order valence-electron chi connectivity index (χ2n) is 5.00. The minimum atomic E-state index is -0.188. The Labute approximate surface area is 150 Å². The number of nitrogens with zero attached hydrogens (tertiary/aromatic N) is 2. The van der Waals surface area contributed by atoms with Crippen LogP contribution < -0.4 is 5.56 Å². The van der Waals surface area contributed by atoms with E-state index >= 15 is 0 Å². The number of rotatable bonds is 8. The van der Waals surface area contributed by atoms with Gasteiger partial charge in [-0.25, -0.2) is 4.98 Å². The van der Waals surface area contributed by atoms with E-state index in [9.17, 15) is 9.59 Å². The van der Waals surface area contributed by atoms with Crippen LogP contribution in [0.4, 0.5) is 0 Å². The number of amides is 1. The standard InChI is InChI=1S/C17H21N3O2S2/c1-3-20(4-2)16(22)12-24-17-18-13(10-15(21)19-17)11-23-14-8-6-5-7-9-14/h5-10H,3-4,11-12H2,1-2H3,(H,18,19,21).